The highest BCUT2D eigenvalue weighted by Crippen LogP contribution is 2.33. The Morgan fingerprint density at radius 1 is 1.00 bits per heavy atom. The van der Waals surface area contributed by atoms with Crippen LogP contribution in [0.2, 0.25) is 15.1 Å². The summed E-state index contributed by atoms with van der Waals surface area (Å²) in [5.41, 5.74) is 1.48. The summed E-state index contributed by atoms with van der Waals surface area (Å²) in [4.78, 5) is 11.7. The predicted molar refractivity (Wildman–Crippen MR) is 137 cm³/mol. The largest absolute Gasteiger partial charge is 0.478 e. The van der Waals surface area contributed by atoms with Crippen molar-refractivity contribution >= 4 is 56.5 Å². The molecule has 0 heterocycles. The minimum atomic E-state index is -4.16. The van der Waals surface area contributed by atoms with Crippen LogP contribution in [0.25, 0.3) is 0 Å². The molecule has 3 aromatic rings. The molecule has 34 heavy (non-hydrogen) atoms. The Morgan fingerprint density at radius 2 is 1.71 bits per heavy atom. The maximum Gasteiger partial charge on any atom is 0.337 e. The highest BCUT2D eigenvalue weighted by atomic mass is 35.5. The van der Waals surface area contributed by atoms with Crippen LogP contribution in [-0.2, 0) is 16.6 Å². The number of hydrogen-bond acceptors (Lipinski definition) is 4. The molecule has 0 aliphatic heterocycles. The lowest BCUT2D eigenvalue weighted by Crippen LogP contribution is -2.24. The summed E-state index contributed by atoms with van der Waals surface area (Å²) in [6.45, 7) is 1.88. The molecule has 0 saturated carbocycles. The second kappa shape index (κ2) is 11.4. The SMILES string of the molecule is CCCC(Nc1cc(Cl)c(S(=O)(=O)NCc2cccc(Cl)c2Cl)cc1C(=O)O)c1ccccc1. The maximum absolute atomic E-state index is 13.0. The van der Waals surface area contributed by atoms with Crippen molar-refractivity contribution in [2.75, 3.05) is 5.32 Å². The minimum Gasteiger partial charge on any atom is -0.478 e. The number of hydrogen-bond donors (Lipinski definition) is 3. The van der Waals surface area contributed by atoms with Crippen LogP contribution >= 0.6 is 34.8 Å². The Kier molecular flexibility index (Phi) is 8.84. The molecule has 6 nitrogen and oxygen atoms in total. The van der Waals surface area contributed by atoms with Crippen LogP contribution in [0.15, 0.2) is 65.6 Å². The van der Waals surface area contributed by atoms with Crippen LogP contribution < -0.4 is 10.0 Å². The molecule has 180 valence electrons. The fourth-order valence-corrected chi connectivity index (χ4v) is 5.42. The Hall–Kier alpha value is -2.29. The number of anilines is 1. The molecule has 0 amide bonds. The quantitative estimate of drug-likeness (QED) is 0.263. The zero-order valence-corrected chi connectivity index (χ0v) is 21.3. The van der Waals surface area contributed by atoms with Crippen LogP contribution in [0.3, 0.4) is 0 Å². The fourth-order valence-electron chi connectivity index (χ4n) is 3.48. The molecule has 3 aromatic carbocycles. The first-order chi connectivity index (χ1) is 16.1. The fraction of sp³-hybridized carbons (Fsp3) is 0.208. The van der Waals surface area contributed by atoms with Gasteiger partial charge in [-0.25, -0.2) is 17.9 Å². The van der Waals surface area contributed by atoms with Gasteiger partial charge in [-0.2, -0.15) is 0 Å². The lowest BCUT2D eigenvalue weighted by molar-refractivity contribution is 0.0697. The van der Waals surface area contributed by atoms with Crippen LogP contribution in [0.1, 0.15) is 47.3 Å². The number of aromatic carboxylic acids is 1. The van der Waals surface area contributed by atoms with Crippen molar-refractivity contribution in [2.24, 2.45) is 0 Å². The Labute approximate surface area is 213 Å². The van der Waals surface area contributed by atoms with E-state index in [1.807, 2.05) is 37.3 Å². The summed E-state index contributed by atoms with van der Waals surface area (Å²) in [7, 11) is -4.16. The van der Waals surface area contributed by atoms with Gasteiger partial charge in [0.15, 0.2) is 0 Å². The number of carboxylic acids is 1. The molecule has 0 aliphatic carbocycles. The number of halogens is 3. The summed E-state index contributed by atoms with van der Waals surface area (Å²) in [6, 6.07) is 16.7. The zero-order valence-electron chi connectivity index (χ0n) is 18.2. The maximum atomic E-state index is 13.0. The van der Waals surface area contributed by atoms with Crippen molar-refractivity contribution in [3.63, 3.8) is 0 Å². The van der Waals surface area contributed by atoms with Crippen LogP contribution in [0, 0.1) is 0 Å². The van der Waals surface area contributed by atoms with Gasteiger partial charge in [0.1, 0.15) is 4.90 Å². The predicted octanol–water partition coefficient (Wildman–Crippen LogP) is 6.78. The van der Waals surface area contributed by atoms with E-state index in [0.29, 0.717) is 10.6 Å². The molecule has 1 unspecified atom stereocenters. The molecular weight excluding hydrogens is 519 g/mol. The molecule has 0 spiro atoms. The van der Waals surface area contributed by atoms with Crippen molar-refractivity contribution in [2.45, 2.75) is 37.2 Å². The zero-order chi connectivity index (χ0) is 24.9. The van der Waals surface area contributed by atoms with Gasteiger partial charge in [0.2, 0.25) is 10.0 Å². The van der Waals surface area contributed by atoms with E-state index in [0.717, 1.165) is 24.5 Å². The van der Waals surface area contributed by atoms with Gasteiger partial charge in [0.25, 0.3) is 0 Å². The van der Waals surface area contributed by atoms with E-state index in [1.165, 1.54) is 6.07 Å². The van der Waals surface area contributed by atoms with E-state index in [2.05, 4.69) is 10.0 Å². The Morgan fingerprint density at radius 3 is 2.35 bits per heavy atom. The van der Waals surface area contributed by atoms with Crippen molar-refractivity contribution in [3.05, 3.63) is 92.4 Å². The third-order valence-corrected chi connectivity index (χ3v) is 7.91. The van der Waals surface area contributed by atoms with E-state index < -0.39 is 16.0 Å². The number of sulfonamides is 1. The summed E-state index contributed by atoms with van der Waals surface area (Å²) < 4.78 is 28.3. The summed E-state index contributed by atoms with van der Waals surface area (Å²) in [6.07, 6.45) is 1.59. The number of carboxylic acid groups (broad SMARTS) is 1. The number of nitrogens with one attached hydrogen (secondary N) is 2. The molecule has 0 radical (unpaired) electrons. The van der Waals surface area contributed by atoms with Gasteiger partial charge in [-0.3, -0.25) is 0 Å². The van der Waals surface area contributed by atoms with E-state index in [-0.39, 0.29) is 38.8 Å². The Balaban J connectivity index is 1.93. The summed E-state index contributed by atoms with van der Waals surface area (Å²) >= 11 is 18.5. The van der Waals surface area contributed by atoms with Crippen LogP contribution in [0.4, 0.5) is 5.69 Å². The van der Waals surface area contributed by atoms with Gasteiger partial charge in [-0.1, -0.05) is 90.6 Å². The third kappa shape index (κ3) is 6.23. The molecular formula is C24H23Cl3N2O4S. The van der Waals surface area contributed by atoms with E-state index in [4.69, 9.17) is 34.8 Å². The molecule has 10 heteroatoms. The summed E-state index contributed by atoms with van der Waals surface area (Å²) in [5.74, 6) is -1.28. The molecule has 0 saturated heterocycles. The molecule has 0 fully saturated rings. The van der Waals surface area contributed by atoms with Gasteiger partial charge in [0.05, 0.1) is 32.4 Å². The lowest BCUT2D eigenvalue weighted by Gasteiger charge is -2.22. The number of rotatable bonds is 10. The standard InChI is InChI=1S/C24H23Cl3N2O4S/c1-2-7-20(15-8-4-3-5-9-15)29-21-13-19(26)22(12-17(21)24(30)31)34(32,33)28-14-16-10-6-11-18(25)23(16)27/h3-6,8-13,20,28-29H,2,7,14H2,1H3,(H,30,31). The monoisotopic (exact) mass is 540 g/mol. The first-order valence-electron chi connectivity index (χ1n) is 10.4. The molecule has 1 atom stereocenters. The summed E-state index contributed by atoms with van der Waals surface area (Å²) in [5, 5.41) is 13.4. The second-order valence-electron chi connectivity index (χ2n) is 7.57. The van der Waals surface area contributed by atoms with Gasteiger partial charge in [0, 0.05) is 6.54 Å². The number of benzene rings is 3. The third-order valence-electron chi connectivity index (χ3n) is 5.19. The van der Waals surface area contributed by atoms with Crippen molar-refractivity contribution in [1.29, 1.82) is 0 Å². The van der Waals surface area contributed by atoms with Gasteiger partial charge in [-0.05, 0) is 35.7 Å². The van der Waals surface area contributed by atoms with Crippen LogP contribution in [0.5, 0.6) is 0 Å². The van der Waals surface area contributed by atoms with E-state index in [9.17, 15) is 18.3 Å². The molecule has 3 rings (SSSR count). The average Bonchev–Trinajstić information content (AvgIpc) is 2.80. The molecule has 0 aromatic heterocycles. The first kappa shape index (κ1) is 26.3. The van der Waals surface area contributed by atoms with E-state index >= 15 is 0 Å². The van der Waals surface area contributed by atoms with Gasteiger partial charge < -0.3 is 10.4 Å². The van der Waals surface area contributed by atoms with Gasteiger partial charge in [-0.15, -0.1) is 0 Å². The normalized spacial score (nSPS) is 12.4. The molecule has 0 aliphatic rings. The molecule has 3 N–H and O–H groups in total. The highest BCUT2D eigenvalue weighted by Gasteiger charge is 2.24. The topological polar surface area (TPSA) is 95.5 Å². The lowest BCUT2D eigenvalue weighted by atomic mass is 10.0. The first-order valence-corrected chi connectivity index (χ1v) is 13.1. The molecule has 0 bridgehead atoms. The van der Waals surface area contributed by atoms with E-state index in [1.54, 1.807) is 18.2 Å². The number of carbonyl (C=O) groups is 1. The van der Waals surface area contributed by atoms with Crippen molar-refractivity contribution in [1.82, 2.24) is 4.72 Å². The van der Waals surface area contributed by atoms with Gasteiger partial charge >= 0.3 is 5.97 Å². The minimum absolute atomic E-state index is 0.111. The van der Waals surface area contributed by atoms with Crippen LogP contribution in [-0.4, -0.2) is 19.5 Å². The van der Waals surface area contributed by atoms with Crippen molar-refractivity contribution in [3.8, 4) is 0 Å². The smallest absolute Gasteiger partial charge is 0.337 e. The van der Waals surface area contributed by atoms with Crippen molar-refractivity contribution < 1.29 is 18.3 Å². The average molecular weight is 542 g/mol. The highest BCUT2D eigenvalue weighted by molar-refractivity contribution is 7.89. The Bertz CT molecular complexity index is 1280. The second-order valence-corrected chi connectivity index (χ2v) is 10.5.